The number of nitrogens with zero attached hydrogens (tertiary/aromatic N) is 3. The third kappa shape index (κ3) is 3.86. The molecule has 4 aromatic rings. The van der Waals surface area contributed by atoms with Gasteiger partial charge in [0, 0.05) is 30.6 Å². The van der Waals surface area contributed by atoms with E-state index in [9.17, 15) is 4.79 Å². The Kier molecular flexibility index (Phi) is 5.62. The van der Waals surface area contributed by atoms with Gasteiger partial charge in [-0.15, -0.1) is 0 Å². The highest BCUT2D eigenvalue weighted by Crippen LogP contribution is 2.34. The molecule has 0 saturated carbocycles. The Morgan fingerprint density at radius 2 is 1.84 bits per heavy atom. The maximum absolute atomic E-state index is 13.1. The fourth-order valence-electron chi connectivity index (χ4n) is 4.20. The molecule has 1 saturated heterocycles. The van der Waals surface area contributed by atoms with Crippen molar-refractivity contribution in [1.29, 1.82) is 0 Å². The SMILES string of the molecule is CCOc1ccccc1CNC(=O)c1nc(N2CCCCC2)c2oc3ccccc3c2n1. The molecule has 1 fully saturated rings. The number of fused-ring (bicyclic) bond motifs is 3. The second kappa shape index (κ2) is 8.86. The summed E-state index contributed by atoms with van der Waals surface area (Å²) in [5.74, 6) is 1.30. The first-order chi connectivity index (χ1) is 15.7. The standard InChI is InChI=1S/C25H26N4O3/c1-2-31-19-12-6-4-10-17(19)16-26-25(30)23-27-21-18-11-5-7-13-20(18)32-22(21)24(28-23)29-14-8-3-9-15-29/h4-7,10-13H,2-3,8-9,14-16H2,1H3,(H,26,30). The first-order valence-electron chi connectivity index (χ1n) is 11.2. The summed E-state index contributed by atoms with van der Waals surface area (Å²) in [4.78, 5) is 24.6. The van der Waals surface area contributed by atoms with Gasteiger partial charge in [0.2, 0.25) is 5.82 Å². The molecule has 0 radical (unpaired) electrons. The molecule has 0 unspecified atom stereocenters. The van der Waals surface area contributed by atoms with Crippen molar-refractivity contribution in [3.63, 3.8) is 0 Å². The summed E-state index contributed by atoms with van der Waals surface area (Å²) in [5.41, 5.74) is 2.98. The summed E-state index contributed by atoms with van der Waals surface area (Å²) < 4.78 is 11.8. The van der Waals surface area contributed by atoms with E-state index in [2.05, 4.69) is 20.2 Å². The Bertz CT molecular complexity index is 1260. The number of hydrogen-bond acceptors (Lipinski definition) is 6. The summed E-state index contributed by atoms with van der Waals surface area (Å²) in [7, 11) is 0. The molecule has 2 aromatic carbocycles. The number of hydrogen-bond donors (Lipinski definition) is 1. The van der Waals surface area contributed by atoms with Gasteiger partial charge >= 0.3 is 0 Å². The number of anilines is 1. The number of nitrogens with one attached hydrogen (secondary N) is 1. The van der Waals surface area contributed by atoms with Crippen molar-refractivity contribution in [3.05, 3.63) is 59.9 Å². The first-order valence-corrected chi connectivity index (χ1v) is 11.2. The number of rotatable bonds is 6. The quantitative estimate of drug-likeness (QED) is 0.478. The summed E-state index contributed by atoms with van der Waals surface area (Å²) in [6.45, 7) is 4.63. The van der Waals surface area contributed by atoms with Crippen LogP contribution in [0.2, 0.25) is 0 Å². The largest absolute Gasteiger partial charge is 0.494 e. The molecule has 164 valence electrons. The monoisotopic (exact) mass is 430 g/mol. The van der Waals surface area contributed by atoms with Crippen molar-refractivity contribution < 1.29 is 13.9 Å². The van der Waals surface area contributed by atoms with E-state index in [1.54, 1.807) is 0 Å². The zero-order chi connectivity index (χ0) is 21.9. The molecule has 7 nitrogen and oxygen atoms in total. The summed E-state index contributed by atoms with van der Waals surface area (Å²) >= 11 is 0. The smallest absolute Gasteiger partial charge is 0.289 e. The van der Waals surface area contributed by atoms with Gasteiger partial charge in [0.1, 0.15) is 16.8 Å². The topological polar surface area (TPSA) is 80.5 Å². The van der Waals surface area contributed by atoms with Gasteiger partial charge in [0.25, 0.3) is 5.91 Å². The van der Waals surface area contributed by atoms with E-state index in [0.717, 1.165) is 48.2 Å². The highest BCUT2D eigenvalue weighted by atomic mass is 16.5. The molecule has 1 amide bonds. The molecule has 1 aliphatic heterocycles. The first kappa shape index (κ1) is 20.3. The van der Waals surface area contributed by atoms with Crippen LogP contribution < -0.4 is 15.0 Å². The minimum atomic E-state index is -0.318. The van der Waals surface area contributed by atoms with Crippen LogP contribution in [0.4, 0.5) is 5.82 Å². The normalized spacial score (nSPS) is 14.1. The van der Waals surface area contributed by atoms with Crippen LogP contribution in [0.5, 0.6) is 5.75 Å². The number of para-hydroxylation sites is 2. The molecule has 32 heavy (non-hydrogen) atoms. The van der Waals surface area contributed by atoms with Gasteiger partial charge in [-0.2, -0.15) is 0 Å². The number of carbonyl (C=O) groups is 1. The maximum atomic E-state index is 13.1. The third-order valence-corrected chi connectivity index (χ3v) is 5.77. The third-order valence-electron chi connectivity index (χ3n) is 5.77. The number of ether oxygens (including phenoxy) is 1. The van der Waals surface area contributed by atoms with Crippen LogP contribution in [0, 0.1) is 0 Å². The molecular weight excluding hydrogens is 404 g/mol. The Balaban J connectivity index is 1.50. The fraction of sp³-hybridized carbons (Fsp3) is 0.320. The second-order valence-corrected chi connectivity index (χ2v) is 7.92. The van der Waals surface area contributed by atoms with Gasteiger partial charge in [0.15, 0.2) is 11.4 Å². The molecule has 3 heterocycles. The highest BCUT2D eigenvalue weighted by molar-refractivity contribution is 6.07. The molecule has 7 heteroatoms. The molecule has 0 atom stereocenters. The van der Waals surface area contributed by atoms with Crippen molar-refractivity contribution in [1.82, 2.24) is 15.3 Å². The fourth-order valence-corrected chi connectivity index (χ4v) is 4.20. The molecular formula is C25H26N4O3. The van der Waals surface area contributed by atoms with E-state index >= 15 is 0 Å². The molecule has 1 N–H and O–H groups in total. The van der Waals surface area contributed by atoms with Gasteiger partial charge in [0.05, 0.1) is 6.61 Å². The summed E-state index contributed by atoms with van der Waals surface area (Å²) in [6, 6.07) is 15.5. The number of aromatic nitrogens is 2. The van der Waals surface area contributed by atoms with Crippen LogP contribution >= 0.6 is 0 Å². The predicted octanol–water partition coefficient (Wildman–Crippen LogP) is 4.70. The van der Waals surface area contributed by atoms with Crippen LogP contribution in [0.15, 0.2) is 52.9 Å². The van der Waals surface area contributed by atoms with E-state index in [4.69, 9.17) is 9.15 Å². The van der Waals surface area contributed by atoms with E-state index < -0.39 is 0 Å². The number of furan rings is 1. The van der Waals surface area contributed by atoms with E-state index in [0.29, 0.717) is 30.1 Å². The highest BCUT2D eigenvalue weighted by Gasteiger charge is 2.23. The lowest BCUT2D eigenvalue weighted by atomic mass is 10.1. The van der Waals surface area contributed by atoms with Crippen LogP contribution in [0.3, 0.4) is 0 Å². The Labute approximate surface area is 186 Å². The van der Waals surface area contributed by atoms with Crippen LogP contribution in [0.1, 0.15) is 42.4 Å². The van der Waals surface area contributed by atoms with Crippen LogP contribution in [-0.4, -0.2) is 35.6 Å². The van der Waals surface area contributed by atoms with Crippen molar-refractivity contribution in [2.75, 3.05) is 24.6 Å². The van der Waals surface area contributed by atoms with Crippen LogP contribution in [0.25, 0.3) is 22.1 Å². The zero-order valence-electron chi connectivity index (χ0n) is 18.1. The van der Waals surface area contributed by atoms with Crippen LogP contribution in [-0.2, 0) is 6.54 Å². The lowest BCUT2D eigenvalue weighted by Gasteiger charge is -2.27. The average Bonchev–Trinajstić information content (AvgIpc) is 3.22. The van der Waals surface area contributed by atoms with Crippen molar-refractivity contribution in [2.24, 2.45) is 0 Å². The maximum Gasteiger partial charge on any atom is 0.289 e. The lowest BCUT2D eigenvalue weighted by molar-refractivity contribution is 0.0940. The van der Waals surface area contributed by atoms with Crippen molar-refractivity contribution in [2.45, 2.75) is 32.7 Å². The van der Waals surface area contributed by atoms with E-state index in [-0.39, 0.29) is 11.7 Å². The lowest BCUT2D eigenvalue weighted by Crippen LogP contribution is -2.32. The van der Waals surface area contributed by atoms with E-state index in [1.807, 2.05) is 55.5 Å². The summed E-state index contributed by atoms with van der Waals surface area (Å²) in [5, 5.41) is 3.84. The number of piperidine rings is 1. The molecule has 2 aromatic heterocycles. The number of amides is 1. The van der Waals surface area contributed by atoms with Crippen molar-refractivity contribution in [3.8, 4) is 5.75 Å². The zero-order valence-corrected chi connectivity index (χ0v) is 18.1. The Hall–Kier alpha value is -3.61. The molecule has 0 aliphatic carbocycles. The average molecular weight is 431 g/mol. The molecule has 0 bridgehead atoms. The minimum absolute atomic E-state index is 0.151. The number of carbonyl (C=O) groups excluding carboxylic acids is 1. The minimum Gasteiger partial charge on any atom is -0.494 e. The van der Waals surface area contributed by atoms with Gasteiger partial charge in [-0.25, -0.2) is 9.97 Å². The van der Waals surface area contributed by atoms with Gasteiger partial charge in [-0.1, -0.05) is 30.3 Å². The molecule has 1 aliphatic rings. The Morgan fingerprint density at radius 1 is 1.06 bits per heavy atom. The van der Waals surface area contributed by atoms with Gasteiger partial charge in [-0.05, 0) is 44.4 Å². The predicted molar refractivity (Wildman–Crippen MR) is 124 cm³/mol. The van der Waals surface area contributed by atoms with Crippen molar-refractivity contribution >= 4 is 33.8 Å². The Morgan fingerprint density at radius 3 is 2.69 bits per heavy atom. The molecule has 5 rings (SSSR count). The number of benzene rings is 2. The molecule has 0 spiro atoms. The van der Waals surface area contributed by atoms with Gasteiger partial charge in [-0.3, -0.25) is 4.79 Å². The van der Waals surface area contributed by atoms with E-state index in [1.165, 1.54) is 6.42 Å². The second-order valence-electron chi connectivity index (χ2n) is 7.92. The van der Waals surface area contributed by atoms with Gasteiger partial charge < -0.3 is 19.4 Å². The summed E-state index contributed by atoms with van der Waals surface area (Å²) in [6.07, 6.45) is 3.40.